The first-order valence-corrected chi connectivity index (χ1v) is 12.0. The van der Waals surface area contributed by atoms with E-state index in [1.165, 1.54) is 63.2 Å². The highest BCUT2D eigenvalue weighted by Gasteiger charge is 2.22. The maximum Gasteiger partial charge on any atom is 0.234 e. The zero-order valence-corrected chi connectivity index (χ0v) is 19.2. The number of carbonyl (C=O) groups is 1. The Morgan fingerprint density at radius 1 is 0.788 bits per heavy atom. The van der Waals surface area contributed by atoms with Crippen LogP contribution in [0.4, 0.5) is 8.78 Å². The molecule has 0 bridgehead atoms. The zero-order chi connectivity index (χ0) is 23.0. The van der Waals surface area contributed by atoms with Gasteiger partial charge in [-0.15, -0.1) is 0 Å². The van der Waals surface area contributed by atoms with E-state index in [0.29, 0.717) is 11.1 Å². The molecule has 7 heteroatoms. The number of hydrogen-bond acceptors (Lipinski definition) is 4. The summed E-state index contributed by atoms with van der Waals surface area (Å²) in [5.41, 5.74) is 1.19. The summed E-state index contributed by atoms with van der Waals surface area (Å²) in [4.78, 5) is 20.1. The Morgan fingerprint density at radius 3 is 1.85 bits per heavy atom. The molecule has 1 amide bonds. The molecule has 5 nitrogen and oxygen atoms in total. The largest absolute Gasteiger partial charge is 0.344 e. The summed E-state index contributed by atoms with van der Waals surface area (Å²) >= 11 is 0. The van der Waals surface area contributed by atoms with Gasteiger partial charge in [0.15, 0.2) is 0 Å². The van der Waals surface area contributed by atoms with E-state index in [0.717, 1.165) is 32.7 Å². The minimum atomic E-state index is -0.601. The molecule has 0 aromatic heterocycles. The van der Waals surface area contributed by atoms with Gasteiger partial charge in [-0.05, 0) is 80.8 Å². The molecule has 178 valence electrons. The van der Waals surface area contributed by atoms with Gasteiger partial charge in [-0.1, -0.05) is 24.3 Å². The van der Waals surface area contributed by atoms with Gasteiger partial charge in [0, 0.05) is 26.2 Å². The molecule has 0 unspecified atom stereocenters. The second kappa shape index (κ2) is 11.7. The van der Waals surface area contributed by atoms with Crippen molar-refractivity contribution in [1.29, 1.82) is 0 Å². The van der Waals surface area contributed by atoms with Crippen molar-refractivity contribution in [2.45, 2.75) is 25.3 Å². The van der Waals surface area contributed by atoms with Crippen molar-refractivity contribution < 1.29 is 13.6 Å². The molecule has 2 heterocycles. The number of benzene rings is 2. The minimum absolute atomic E-state index is 0.143. The Labute approximate surface area is 195 Å². The smallest absolute Gasteiger partial charge is 0.234 e. The quantitative estimate of drug-likeness (QED) is 0.629. The van der Waals surface area contributed by atoms with Gasteiger partial charge in [0.1, 0.15) is 11.6 Å². The van der Waals surface area contributed by atoms with E-state index in [9.17, 15) is 13.6 Å². The van der Waals surface area contributed by atoms with Crippen LogP contribution in [0.1, 0.15) is 36.4 Å². The number of likely N-dealkylation sites (tertiary alicyclic amines) is 1. The molecular weight excluding hydrogens is 422 g/mol. The van der Waals surface area contributed by atoms with Crippen molar-refractivity contribution in [3.8, 4) is 0 Å². The van der Waals surface area contributed by atoms with E-state index in [1.807, 2.05) is 0 Å². The molecule has 0 radical (unpaired) electrons. The van der Waals surface area contributed by atoms with Crippen molar-refractivity contribution in [2.24, 2.45) is 0 Å². The van der Waals surface area contributed by atoms with Gasteiger partial charge >= 0.3 is 0 Å². The Hall–Kier alpha value is -2.35. The van der Waals surface area contributed by atoms with Crippen LogP contribution in [-0.4, -0.2) is 79.5 Å². The molecule has 2 saturated heterocycles. The molecule has 2 fully saturated rings. The lowest BCUT2D eigenvalue weighted by molar-refractivity contribution is -0.123. The predicted molar refractivity (Wildman–Crippen MR) is 126 cm³/mol. The van der Waals surface area contributed by atoms with E-state index in [2.05, 4.69) is 20.0 Å². The van der Waals surface area contributed by atoms with E-state index < -0.39 is 6.04 Å². The van der Waals surface area contributed by atoms with E-state index in [-0.39, 0.29) is 24.1 Å². The summed E-state index contributed by atoms with van der Waals surface area (Å²) in [6.07, 6.45) is 3.86. The lowest BCUT2D eigenvalue weighted by Gasteiger charge is -2.34. The van der Waals surface area contributed by atoms with Crippen molar-refractivity contribution in [3.05, 3.63) is 71.3 Å². The number of carbonyl (C=O) groups excluding carboxylic acids is 1. The SMILES string of the molecule is O=C(CN1CCN(CCCN2CCCC2)CC1)NC(c1cccc(F)c1)c1cccc(F)c1. The van der Waals surface area contributed by atoms with Crippen LogP contribution in [0.2, 0.25) is 0 Å². The first-order chi connectivity index (χ1) is 16.1. The van der Waals surface area contributed by atoms with Crippen LogP contribution in [-0.2, 0) is 4.79 Å². The predicted octanol–water partition coefficient (Wildman–Crippen LogP) is 3.27. The van der Waals surface area contributed by atoms with Gasteiger partial charge in [-0.25, -0.2) is 8.78 Å². The number of amides is 1. The zero-order valence-electron chi connectivity index (χ0n) is 19.2. The summed E-state index contributed by atoms with van der Waals surface area (Å²) in [5, 5.41) is 3.00. The molecular formula is C26H34F2N4O. The van der Waals surface area contributed by atoms with E-state index >= 15 is 0 Å². The highest BCUT2D eigenvalue weighted by molar-refractivity contribution is 5.79. The summed E-state index contributed by atoms with van der Waals surface area (Å²) in [5.74, 6) is -0.913. The second-order valence-corrected chi connectivity index (χ2v) is 9.13. The van der Waals surface area contributed by atoms with Gasteiger partial charge < -0.3 is 15.1 Å². The molecule has 33 heavy (non-hydrogen) atoms. The van der Waals surface area contributed by atoms with Crippen LogP contribution in [0.15, 0.2) is 48.5 Å². The fourth-order valence-electron chi connectivity index (χ4n) is 4.84. The monoisotopic (exact) mass is 456 g/mol. The van der Waals surface area contributed by atoms with Crippen LogP contribution in [0.25, 0.3) is 0 Å². The average Bonchev–Trinajstić information content (AvgIpc) is 3.32. The van der Waals surface area contributed by atoms with Crippen molar-refractivity contribution in [3.63, 3.8) is 0 Å². The number of piperazine rings is 1. The third-order valence-electron chi connectivity index (χ3n) is 6.65. The molecule has 0 aliphatic carbocycles. The second-order valence-electron chi connectivity index (χ2n) is 9.13. The lowest BCUT2D eigenvalue weighted by atomic mass is 9.98. The topological polar surface area (TPSA) is 38.8 Å². The molecule has 0 spiro atoms. The normalized spacial score (nSPS) is 18.2. The van der Waals surface area contributed by atoms with Crippen molar-refractivity contribution in [2.75, 3.05) is 58.9 Å². The Morgan fingerprint density at radius 2 is 1.30 bits per heavy atom. The summed E-state index contributed by atoms with van der Waals surface area (Å²) in [6, 6.07) is 11.6. The fourth-order valence-corrected chi connectivity index (χ4v) is 4.84. The fraction of sp³-hybridized carbons (Fsp3) is 0.500. The number of halogens is 2. The minimum Gasteiger partial charge on any atom is -0.344 e. The number of nitrogens with one attached hydrogen (secondary N) is 1. The number of rotatable bonds is 9. The van der Waals surface area contributed by atoms with Crippen molar-refractivity contribution >= 4 is 5.91 Å². The third-order valence-corrected chi connectivity index (χ3v) is 6.65. The summed E-state index contributed by atoms with van der Waals surface area (Å²) in [6.45, 7) is 8.69. The lowest BCUT2D eigenvalue weighted by Crippen LogP contribution is -2.50. The van der Waals surface area contributed by atoms with Crippen LogP contribution in [0.3, 0.4) is 0 Å². The number of hydrogen-bond donors (Lipinski definition) is 1. The molecule has 2 aromatic rings. The summed E-state index contributed by atoms with van der Waals surface area (Å²) in [7, 11) is 0. The molecule has 2 aliphatic heterocycles. The Kier molecular flexibility index (Phi) is 8.42. The van der Waals surface area contributed by atoms with E-state index in [1.54, 1.807) is 24.3 Å². The molecule has 4 rings (SSSR count). The first kappa shape index (κ1) is 23.8. The molecule has 2 aromatic carbocycles. The standard InChI is InChI=1S/C26H34F2N4O/c27-23-8-3-6-21(18-23)26(22-7-4-9-24(28)19-22)29-25(33)20-32-16-14-31(15-17-32)13-5-12-30-10-1-2-11-30/h3-4,6-9,18-19,26H,1-2,5,10-17,20H2,(H,29,33). The van der Waals surface area contributed by atoms with Crippen LogP contribution >= 0.6 is 0 Å². The Bertz CT molecular complexity index is 865. The average molecular weight is 457 g/mol. The molecule has 2 aliphatic rings. The van der Waals surface area contributed by atoms with Crippen molar-refractivity contribution in [1.82, 2.24) is 20.0 Å². The van der Waals surface area contributed by atoms with Gasteiger partial charge in [-0.3, -0.25) is 9.69 Å². The first-order valence-electron chi connectivity index (χ1n) is 12.0. The maximum atomic E-state index is 13.8. The molecule has 1 N–H and O–H groups in total. The van der Waals surface area contributed by atoms with E-state index in [4.69, 9.17) is 0 Å². The summed E-state index contributed by atoms with van der Waals surface area (Å²) < 4.78 is 27.7. The van der Waals surface area contributed by atoms with Crippen LogP contribution < -0.4 is 5.32 Å². The van der Waals surface area contributed by atoms with Crippen LogP contribution in [0, 0.1) is 11.6 Å². The van der Waals surface area contributed by atoms with Gasteiger partial charge in [0.2, 0.25) is 5.91 Å². The van der Waals surface area contributed by atoms with Gasteiger partial charge in [-0.2, -0.15) is 0 Å². The maximum absolute atomic E-state index is 13.8. The number of nitrogens with zero attached hydrogens (tertiary/aromatic N) is 3. The molecule has 0 saturated carbocycles. The highest BCUT2D eigenvalue weighted by Crippen LogP contribution is 2.23. The van der Waals surface area contributed by atoms with Gasteiger partial charge in [0.25, 0.3) is 0 Å². The van der Waals surface area contributed by atoms with Gasteiger partial charge in [0.05, 0.1) is 12.6 Å². The highest BCUT2D eigenvalue weighted by atomic mass is 19.1. The Balaban J connectivity index is 1.28. The van der Waals surface area contributed by atoms with Crippen LogP contribution in [0.5, 0.6) is 0 Å². The third kappa shape index (κ3) is 7.06. The molecule has 0 atom stereocenters.